The van der Waals surface area contributed by atoms with E-state index in [2.05, 4.69) is 5.32 Å². The molecule has 0 atom stereocenters. The first-order chi connectivity index (χ1) is 10.2. The second kappa shape index (κ2) is 5.95. The van der Waals surface area contributed by atoms with E-state index in [1.54, 1.807) is 6.07 Å². The summed E-state index contributed by atoms with van der Waals surface area (Å²) in [5.41, 5.74) is 2.95. The SMILES string of the molecule is Cc1ccc(O)c(CNc2ccc3c(c2)OCCCO3)c1. The lowest BCUT2D eigenvalue weighted by atomic mass is 10.1. The zero-order valence-corrected chi connectivity index (χ0v) is 12.1. The fourth-order valence-corrected chi connectivity index (χ4v) is 2.33. The number of aryl methyl sites for hydroxylation is 1. The van der Waals surface area contributed by atoms with E-state index in [4.69, 9.17) is 9.47 Å². The minimum Gasteiger partial charge on any atom is -0.508 e. The average molecular weight is 285 g/mol. The van der Waals surface area contributed by atoms with Gasteiger partial charge < -0.3 is 19.9 Å². The van der Waals surface area contributed by atoms with E-state index in [0.717, 1.165) is 34.7 Å². The standard InChI is InChI=1S/C17H19NO3/c1-12-3-5-15(19)13(9-12)11-18-14-4-6-16-17(10-14)21-8-2-7-20-16/h3-6,9-10,18-19H,2,7-8,11H2,1H3. The molecular formula is C17H19NO3. The summed E-state index contributed by atoms with van der Waals surface area (Å²) in [6, 6.07) is 11.4. The molecule has 0 amide bonds. The summed E-state index contributed by atoms with van der Waals surface area (Å²) >= 11 is 0. The molecule has 0 spiro atoms. The van der Waals surface area contributed by atoms with Crippen LogP contribution in [-0.2, 0) is 6.54 Å². The van der Waals surface area contributed by atoms with Gasteiger partial charge in [-0.25, -0.2) is 0 Å². The summed E-state index contributed by atoms with van der Waals surface area (Å²) in [5, 5.41) is 13.2. The summed E-state index contributed by atoms with van der Waals surface area (Å²) in [6.45, 7) is 3.94. The molecule has 1 aliphatic heterocycles. The molecule has 0 aromatic heterocycles. The topological polar surface area (TPSA) is 50.7 Å². The number of nitrogens with one attached hydrogen (secondary N) is 1. The van der Waals surface area contributed by atoms with Crippen LogP contribution >= 0.6 is 0 Å². The molecule has 0 saturated carbocycles. The fraction of sp³-hybridized carbons (Fsp3) is 0.294. The molecule has 1 heterocycles. The summed E-state index contributed by atoms with van der Waals surface area (Å²) in [5.74, 6) is 1.87. The van der Waals surface area contributed by atoms with Crippen molar-refractivity contribution in [1.29, 1.82) is 0 Å². The molecule has 0 aliphatic carbocycles. The van der Waals surface area contributed by atoms with Crippen LogP contribution < -0.4 is 14.8 Å². The van der Waals surface area contributed by atoms with Gasteiger partial charge in [0.15, 0.2) is 11.5 Å². The minimum absolute atomic E-state index is 0.308. The Balaban J connectivity index is 1.73. The van der Waals surface area contributed by atoms with Gasteiger partial charge in [0.05, 0.1) is 13.2 Å². The number of ether oxygens (including phenoxy) is 2. The summed E-state index contributed by atoms with van der Waals surface area (Å²) in [7, 11) is 0. The van der Waals surface area contributed by atoms with Crippen molar-refractivity contribution >= 4 is 5.69 Å². The largest absolute Gasteiger partial charge is 0.508 e. The monoisotopic (exact) mass is 285 g/mol. The molecule has 110 valence electrons. The Morgan fingerprint density at radius 3 is 2.71 bits per heavy atom. The first kappa shape index (κ1) is 13.6. The number of fused-ring (bicyclic) bond motifs is 1. The van der Waals surface area contributed by atoms with Crippen molar-refractivity contribution in [2.24, 2.45) is 0 Å². The molecule has 0 fully saturated rings. The van der Waals surface area contributed by atoms with Gasteiger partial charge in [-0.3, -0.25) is 0 Å². The van der Waals surface area contributed by atoms with Gasteiger partial charge in [-0.05, 0) is 25.1 Å². The molecule has 2 aromatic carbocycles. The van der Waals surface area contributed by atoms with Crippen LogP contribution in [0.2, 0.25) is 0 Å². The highest BCUT2D eigenvalue weighted by Gasteiger charge is 2.10. The van der Waals surface area contributed by atoms with Crippen LogP contribution in [0.5, 0.6) is 17.2 Å². The molecule has 2 aromatic rings. The van der Waals surface area contributed by atoms with Gasteiger partial charge in [0.2, 0.25) is 0 Å². The summed E-state index contributed by atoms with van der Waals surface area (Å²) < 4.78 is 11.3. The average Bonchev–Trinajstić information content (AvgIpc) is 2.73. The third kappa shape index (κ3) is 3.21. The molecule has 3 rings (SSSR count). The van der Waals surface area contributed by atoms with Crippen LogP contribution in [0.3, 0.4) is 0 Å². The molecule has 0 bridgehead atoms. The Hall–Kier alpha value is -2.36. The van der Waals surface area contributed by atoms with Crippen molar-refractivity contribution in [2.75, 3.05) is 18.5 Å². The molecule has 4 heteroatoms. The zero-order chi connectivity index (χ0) is 14.7. The number of benzene rings is 2. The Kier molecular flexibility index (Phi) is 3.86. The predicted octanol–water partition coefficient (Wildman–Crippen LogP) is 3.47. The summed E-state index contributed by atoms with van der Waals surface area (Å²) in [6.07, 6.45) is 0.897. The number of phenols is 1. The number of phenolic OH excluding ortho intramolecular Hbond substituents is 1. The van der Waals surface area contributed by atoms with Gasteiger partial charge in [-0.1, -0.05) is 17.7 Å². The van der Waals surface area contributed by atoms with E-state index in [9.17, 15) is 5.11 Å². The van der Waals surface area contributed by atoms with Crippen LogP contribution in [-0.4, -0.2) is 18.3 Å². The molecule has 4 nitrogen and oxygen atoms in total. The van der Waals surface area contributed by atoms with Gasteiger partial charge in [0, 0.05) is 30.3 Å². The number of rotatable bonds is 3. The van der Waals surface area contributed by atoms with Crippen molar-refractivity contribution in [3.63, 3.8) is 0 Å². The zero-order valence-electron chi connectivity index (χ0n) is 12.1. The number of hydrogen-bond acceptors (Lipinski definition) is 4. The van der Waals surface area contributed by atoms with E-state index >= 15 is 0 Å². The Morgan fingerprint density at radius 2 is 1.86 bits per heavy atom. The lowest BCUT2D eigenvalue weighted by Gasteiger charge is -2.12. The van der Waals surface area contributed by atoms with Gasteiger partial charge in [-0.2, -0.15) is 0 Å². The van der Waals surface area contributed by atoms with E-state index in [1.807, 2.05) is 37.3 Å². The van der Waals surface area contributed by atoms with Gasteiger partial charge in [0.25, 0.3) is 0 Å². The molecule has 0 unspecified atom stereocenters. The molecule has 21 heavy (non-hydrogen) atoms. The maximum atomic E-state index is 9.86. The molecule has 0 saturated heterocycles. The smallest absolute Gasteiger partial charge is 0.163 e. The normalized spacial score (nSPS) is 13.6. The van der Waals surface area contributed by atoms with Crippen LogP contribution in [0.15, 0.2) is 36.4 Å². The Morgan fingerprint density at radius 1 is 1.05 bits per heavy atom. The van der Waals surface area contributed by atoms with E-state index in [0.29, 0.717) is 25.5 Å². The second-order valence-corrected chi connectivity index (χ2v) is 5.20. The van der Waals surface area contributed by atoms with Gasteiger partial charge >= 0.3 is 0 Å². The van der Waals surface area contributed by atoms with Gasteiger partial charge in [0.1, 0.15) is 5.75 Å². The van der Waals surface area contributed by atoms with Crippen molar-refractivity contribution in [2.45, 2.75) is 19.9 Å². The van der Waals surface area contributed by atoms with Crippen LogP contribution in [0.4, 0.5) is 5.69 Å². The van der Waals surface area contributed by atoms with Crippen molar-refractivity contribution in [3.8, 4) is 17.2 Å². The highest BCUT2D eigenvalue weighted by Crippen LogP contribution is 2.32. The third-order valence-corrected chi connectivity index (χ3v) is 3.47. The quantitative estimate of drug-likeness (QED) is 0.906. The van der Waals surface area contributed by atoms with Crippen molar-refractivity contribution in [1.82, 2.24) is 0 Å². The highest BCUT2D eigenvalue weighted by molar-refractivity contribution is 5.55. The van der Waals surface area contributed by atoms with E-state index in [-0.39, 0.29) is 0 Å². The number of hydrogen-bond donors (Lipinski definition) is 2. The lowest BCUT2D eigenvalue weighted by Crippen LogP contribution is -2.01. The van der Waals surface area contributed by atoms with Crippen LogP contribution in [0.25, 0.3) is 0 Å². The first-order valence-corrected chi connectivity index (χ1v) is 7.14. The number of anilines is 1. The minimum atomic E-state index is 0.308. The maximum absolute atomic E-state index is 9.86. The molecular weight excluding hydrogens is 266 g/mol. The summed E-state index contributed by atoms with van der Waals surface area (Å²) in [4.78, 5) is 0. The maximum Gasteiger partial charge on any atom is 0.163 e. The number of aromatic hydroxyl groups is 1. The molecule has 0 radical (unpaired) electrons. The second-order valence-electron chi connectivity index (χ2n) is 5.20. The predicted molar refractivity (Wildman–Crippen MR) is 82.2 cm³/mol. The molecule has 2 N–H and O–H groups in total. The van der Waals surface area contributed by atoms with Crippen LogP contribution in [0.1, 0.15) is 17.5 Å². The first-order valence-electron chi connectivity index (χ1n) is 7.14. The van der Waals surface area contributed by atoms with Gasteiger partial charge in [-0.15, -0.1) is 0 Å². The van der Waals surface area contributed by atoms with E-state index in [1.165, 1.54) is 0 Å². The van der Waals surface area contributed by atoms with Crippen LogP contribution in [0, 0.1) is 6.92 Å². The van der Waals surface area contributed by atoms with E-state index < -0.39 is 0 Å². The lowest BCUT2D eigenvalue weighted by molar-refractivity contribution is 0.297. The third-order valence-electron chi connectivity index (χ3n) is 3.47. The van der Waals surface area contributed by atoms with Crippen molar-refractivity contribution in [3.05, 3.63) is 47.5 Å². The fourth-order valence-electron chi connectivity index (χ4n) is 2.33. The Bertz CT molecular complexity index is 640. The Labute approximate surface area is 124 Å². The highest BCUT2D eigenvalue weighted by atomic mass is 16.5. The molecule has 1 aliphatic rings. The van der Waals surface area contributed by atoms with Crippen molar-refractivity contribution < 1.29 is 14.6 Å².